The van der Waals surface area contributed by atoms with Crippen molar-refractivity contribution in [3.8, 4) is 6.07 Å². The third kappa shape index (κ3) is 2.68. The van der Waals surface area contributed by atoms with Gasteiger partial charge in [-0.25, -0.2) is 4.68 Å². The highest BCUT2D eigenvalue weighted by molar-refractivity contribution is 5.28. The molecule has 1 fully saturated rings. The first-order chi connectivity index (χ1) is 8.76. The van der Waals surface area contributed by atoms with Crippen molar-refractivity contribution >= 4 is 0 Å². The fourth-order valence-electron chi connectivity index (χ4n) is 2.57. The van der Waals surface area contributed by atoms with Crippen LogP contribution in [0, 0.1) is 11.3 Å². The van der Waals surface area contributed by atoms with Gasteiger partial charge in [0.2, 0.25) is 0 Å². The molecule has 0 amide bonds. The lowest BCUT2D eigenvalue weighted by atomic mass is 9.86. The summed E-state index contributed by atoms with van der Waals surface area (Å²) in [4.78, 5) is 0. The summed E-state index contributed by atoms with van der Waals surface area (Å²) >= 11 is 0. The Kier molecular flexibility index (Phi) is 4.28. The van der Waals surface area contributed by atoms with Gasteiger partial charge in [-0.05, 0) is 12.8 Å². The Bertz CT molecular complexity index is 432. The molecule has 0 saturated heterocycles. The van der Waals surface area contributed by atoms with E-state index in [1.165, 1.54) is 6.42 Å². The molecule has 0 spiro atoms. The second kappa shape index (κ2) is 5.94. The fourth-order valence-corrected chi connectivity index (χ4v) is 2.57. The van der Waals surface area contributed by atoms with E-state index in [-0.39, 0.29) is 13.2 Å². The zero-order chi connectivity index (χ0) is 13.0. The van der Waals surface area contributed by atoms with E-state index in [0.29, 0.717) is 11.6 Å². The summed E-state index contributed by atoms with van der Waals surface area (Å²) < 4.78 is 1.58. The summed E-state index contributed by atoms with van der Waals surface area (Å²) in [5.41, 5.74) is 1.18. The van der Waals surface area contributed by atoms with Gasteiger partial charge in [-0.2, -0.15) is 5.26 Å². The van der Waals surface area contributed by atoms with Crippen molar-refractivity contribution in [3.05, 3.63) is 11.4 Å². The van der Waals surface area contributed by atoms with E-state index in [9.17, 15) is 5.11 Å². The molecule has 1 aliphatic carbocycles. The summed E-state index contributed by atoms with van der Waals surface area (Å²) in [5.74, 6) is 0.300. The molecule has 18 heavy (non-hydrogen) atoms. The molecule has 0 radical (unpaired) electrons. The highest BCUT2D eigenvalue weighted by atomic mass is 16.3. The van der Waals surface area contributed by atoms with E-state index >= 15 is 0 Å². The Morgan fingerprint density at radius 2 is 2.11 bits per heavy atom. The van der Waals surface area contributed by atoms with Crippen molar-refractivity contribution in [2.24, 2.45) is 0 Å². The average molecular weight is 250 g/mol. The predicted molar refractivity (Wildman–Crippen MR) is 63.7 cm³/mol. The van der Waals surface area contributed by atoms with E-state index in [1.54, 1.807) is 4.68 Å². The Balaban J connectivity index is 2.24. The van der Waals surface area contributed by atoms with Crippen molar-refractivity contribution in [1.29, 1.82) is 5.26 Å². The Morgan fingerprint density at radius 1 is 1.39 bits per heavy atom. The molecule has 1 unspecified atom stereocenters. The van der Waals surface area contributed by atoms with Crippen LogP contribution in [-0.2, 0) is 6.54 Å². The van der Waals surface area contributed by atoms with Crippen LogP contribution in [0.15, 0.2) is 0 Å². The topological polar surface area (TPSA) is 95.0 Å². The molecule has 6 heteroatoms. The molecule has 0 aromatic carbocycles. The summed E-state index contributed by atoms with van der Waals surface area (Å²) in [6, 6.07) is 2.07. The van der Waals surface area contributed by atoms with Gasteiger partial charge in [-0.1, -0.05) is 24.5 Å². The smallest absolute Gasteiger partial charge is 0.186 e. The molecule has 1 aromatic rings. The van der Waals surface area contributed by atoms with E-state index < -0.39 is 6.10 Å². The molecule has 98 valence electrons. The number of nitriles is 1. The van der Waals surface area contributed by atoms with Crippen LogP contribution in [0.2, 0.25) is 0 Å². The molecular formula is C12H18N4O2. The molecule has 1 saturated carbocycles. The Hall–Kier alpha value is -1.45. The van der Waals surface area contributed by atoms with Crippen LogP contribution in [0.25, 0.3) is 0 Å². The van der Waals surface area contributed by atoms with Gasteiger partial charge in [0.25, 0.3) is 0 Å². The first-order valence-corrected chi connectivity index (χ1v) is 6.38. The first kappa shape index (κ1) is 13.0. The second-order valence-electron chi connectivity index (χ2n) is 4.79. The standard InChI is InChI=1S/C12H18N4O2/c13-6-11-12(9-4-2-1-3-5-9)16(15-14-11)7-10(18)8-17/h9-10,17-18H,1-5,7-8H2. The van der Waals surface area contributed by atoms with Crippen molar-refractivity contribution in [2.75, 3.05) is 6.61 Å². The molecule has 1 heterocycles. The van der Waals surface area contributed by atoms with Gasteiger partial charge in [0.05, 0.1) is 24.9 Å². The Morgan fingerprint density at radius 3 is 2.72 bits per heavy atom. The van der Waals surface area contributed by atoms with E-state index in [2.05, 4.69) is 16.4 Å². The minimum Gasteiger partial charge on any atom is -0.394 e. The average Bonchev–Trinajstić information content (AvgIpc) is 2.82. The van der Waals surface area contributed by atoms with Gasteiger partial charge in [-0.3, -0.25) is 0 Å². The molecule has 1 aromatic heterocycles. The minimum absolute atomic E-state index is 0.191. The number of aromatic nitrogens is 3. The SMILES string of the molecule is N#Cc1nnn(CC(O)CO)c1C1CCCCC1. The molecule has 2 rings (SSSR count). The monoisotopic (exact) mass is 250 g/mol. The maximum atomic E-state index is 9.49. The van der Waals surface area contributed by atoms with E-state index in [0.717, 1.165) is 31.4 Å². The van der Waals surface area contributed by atoms with Crippen molar-refractivity contribution in [1.82, 2.24) is 15.0 Å². The summed E-state index contributed by atoms with van der Waals surface area (Å²) in [7, 11) is 0. The first-order valence-electron chi connectivity index (χ1n) is 6.38. The molecule has 1 atom stereocenters. The third-order valence-corrected chi connectivity index (χ3v) is 3.47. The molecular weight excluding hydrogens is 232 g/mol. The summed E-state index contributed by atoms with van der Waals surface area (Å²) in [6.45, 7) is -0.122. The number of hydrogen-bond donors (Lipinski definition) is 2. The van der Waals surface area contributed by atoms with Crippen LogP contribution < -0.4 is 0 Å². The van der Waals surface area contributed by atoms with Crippen molar-refractivity contribution in [2.45, 2.75) is 50.7 Å². The predicted octanol–water partition coefficient (Wildman–Crippen LogP) is 0.551. The molecule has 0 bridgehead atoms. The number of aliphatic hydroxyl groups is 2. The van der Waals surface area contributed by atoms with Gasteiger partial charge in [-0.15, -0.1) is 5.10 Å². The zero-order valence-electron chi connectivity index (χ0n) is 10.3. The zero-order valence-corrected chi connectivity index (χ0v) is 10.3. The van der Waals surface area contributed by atoms with Crippen LogP contribution in [0.5, 0.6) is 0 Å². The highest BCUT2D eigenvalue weighted by Gasteiger charge is 2.25. The largest absolute Gasteiger partial charge is 0.394 e. The maximum absolute atomic E-state index is 9.49. The van der Waals surface area contributed by atoms with Gasteiger partial charge in [0.1, 0.15) is 6.07 Å². The molecule has 6 nitrogen and oxygen atoms in total. The lowest BCUT2D eigenvalue weighted by Crippen LogP contribution is -2.23. The van der Waals surface area contributed by atoms with Crippen LogP contribution in [0.3, 0.4) is 0 Å². The molecule has 1 aliphatic rings. The molecule has 2 N–H and O–H groups in total. The number of aliphatic hydroxyl groups excluding tert-OH is 2. The minimum atomic E-state index is -0.861. The summed E-state index contributed by atoms with van der Waals surface area (Å²) in [6.07, 6.45) is 4.76. The van der Waals surface area contributed by atoms with Gasteiger partial charge in [0, 0.05) is 5.92 Å². The van der Waals surface area contributed by atoms with Crippen LogP contribution >= 0.6 is 0 Å². The maximum Gasteiger partial charge on any atom is 0.186 e. The van der Waals surface area contributed by atoms with E-state index in [4.69, 9.17) is 10.4 Å². The normalized spacial score (nSPS) is 18.5. The van der Waals surface area contributed by atoms with Crippen LogP contribution in [-0.4, -0.2) is 37.9 Å². The summed E-state index contributed by atoms with van der Waals surface area (Å²) in [5, 5.41) is 35.2. The van der Waals surface area contributed by atoms with Gasteiger partial charge in [0.15, 0.2) is 5.69 Å². The lowest BCUT2D eigenvalue weighted by molar-refractivity contribution is 0.0765. The number of rotatable bonds is 4. The lowest BCUT2D eigenvalue weighted by Gasteiger charge is -2.22. The quantitative estimate of drug-likeness (QED) is 0.813. The van der Waals surface area contributed by atoms with Crippen molar-refractivity contribution in [3.63, 3.8) is 0 Å². The second-order valence-corrected chi connectivity index (χ2v) is 4.79. The Labute approximate surface area is 106 Å². The van der Waals surface area contributed by atoms with E-state index in [1.807, 2.05) is 0 Å². The van der Waals surface area contributed by atoms with Gasteiger partial charge >= 0.3 is 0 Å². The highest BCUT2D eigenvalue weighted by Crippen LogP contribution is 2.33. The van der Waals surface area contributed by atoms with Crippen LogP contribution in [0.4, 0.5) is 0 Å². The van der Waals surface area contributed by atoms with Gasteiger partial charge < -0.3 is 10.2 Å². The fraction of sp³-hybridized carbons (Fsp3) is 0.750. The third-order valence-electron chi connectivity index (χ3n) is 3.47. The molecule has 0 aliphatic heterocycles. The van der Waals surface area contributed by atoms with Crippen molar-refractivity contribution < 1.29 is 10.2 Å². The van der Waals surface area contributed by atoms with Crippen LogP contribution in [0.1, 0.15) is 49.4 Å². The number of hydrogen-bond acceptors (Lipinski definition) is 5. The number of nitrogens with zero attached hydrogens (tertiary/aromatic N) is 4.